The number of hydrogen-bond acceptors (Lipinski definition) is 2. The van der Waals surface area contributed by atoms with E-state index in [1.807, 2.05) is 0 Å². The van der Waals surface area contributed by atoms with E-state index in [2.05, 4.69) is 0 Å². The van der Waals surface area contributed by atoms with Crippen molar-refractivity contribution in [1.29, 1.82) is 0 Å². The van der Waals surface area contributed by atoms with Crippen molar-refractivity contribution < 1.29 is 32.4 Å². The van der Waals surface area contributed by atoms with Crippen LogP contribution in [0.2, 0.25) is 0 Å². The third-order valence-electron chi connectivity index (χ3n) is 1.20. The molecule has 0 aliphatic heterocycles. The Kier molecular flexibility index (Phi) is 5.41. The molecule has 0 saturated carbocycles. The van der Waals surface area contributed by atoms with Gasteiger partial charge in [0.1, 0.15) is 11.3 Å². The molecule has 0 bridgehead atoms. The van der Waals surface area contributed by atoms with Gasteiger partial charge < -0.3 is 8.17 Å². The van der Waals surface area contributed by atoms with Crippen molar-refractivity contribution in [2.75, 3.05) is 0 Å². The molecule has 1 rings (SSSR count). The van der Waals surface area contributed by atoms with Crippen molar-refractivity contribution in [2.24, 2.45) is 0 Å². The van der Waals surface area contributed by atoms with Crippen molar-refractivity contribution in [3.8, 4) is 5.75 Å². The standard InChI is InChI=1S/C7H5IO3.Zn/c8-11-6-4-2-1-3-5(6)7(9)10;/h1-4H,(H,9,10);. The predicted octanol–water partition coefficient (Wildman–Crippen LogP) is 2.11. The zero-order valence-electron chi connectivity index (χ0n) is 6.16. The van der Waals surface area contributed by atoms with Crippen LogP contribution in [0.1, 0.15) is 10.4 Å². The van der Waals surface area contributed by atoms with Gasteiger partial charge in [0.25, 0.3) is 0 Å². The Balaban J connectivity index is 0.00000121. The van der Waals surface area contributed by atoms with Crippen LogP contribution in [-0.2, 0) is 19.5 Å². The smallest absolute Gasteiger partial charge is 0.339 e. The normalized spacial score (nSPS) is 8.42. The maximum atomic E-state index is 10.5. The van der Waals surface area contributed by atoms with E-state index in [1.54, 1.807) is 41.2 Å². The summed E-state index contributed by atoms with van der Waals surface area (Å²) in [6.07, 6.45) is 0. The van der Waals surface area contributed by atoms with Gasteiger partial charge in [-0.3, -0.25) is 0 Å². The molecule has 0 unspecified atom stereocenters. The molecule has 5 heteroatoms. The van der Waals surface area contributed by atoms with Gasteiger partial charge in [-0.1, -0.05) is 12.1 Å². The zero-order chi connectivity index (χ0) is 8.27. The van der Waals surface area contributed by atoms with Crippen molar-refractivity contribution in [2.45, 2.75) is 0 Å². The van der Waals surface area contributed by atoms with Crippen LogP contribution in [0.25, 0.3) is 0 Å². The molecule has 0 atom stereocenters. The predicted molar refractivity (Wildman–Crippen MR) is 48.0 cm³/mol. The summed E-state index contributed by atoms with van der Waals surface area (Å²) in [5.74, 6) is -0.599. The van der Waals surface area contributed by atoms with E-state index >= 15 is 0 Å². The molecule has 60 valence electrons. The van der Waals surface area contributed by atoms with E-state index in [1.165, 1.54) is 6.07 Å². The third kappa shape index (κ3) is 2.71. The number of benzene rings is 1. The summed E-state index contributed by atoms with van der Waals surface area (Å²) in [6.45, 7) is 0. The Morgan fingerprint density at radius 2 is 2.00 bits per heavy atom. The van der Waals surface area contributed by atoms with E-state index in [9.17, 15) is 4.79 Å². The van der Waals surface area contributed by atoms with Gasteiger partial charge in [-0.15, -0.1) is 0 Å². The number of rotatable bonds is 2. The fourth-order valence-corrected chi connectivity index (χ4v) is 1.09. The van der Waals surface area contributed by atoms with Crippen LogP contribution in [0.15, 0.2) is 24.3 Å². The molecule has 0 heterocycles. The SMILES string of the molecule is O=C(O)c1ccccc1OI.[Zn]. The Hall–Kier alpha value is -0.157. The van der Waals surface area contributed by atoms with Gasteiger partial charge in [0, 0.05) is 19.5 Å². The molecule has 0 aliphatic carbocycles. The first kappa shape index (κ1) is 11.8. The molecular formula is C7H5IO3Zn. The summed E-state index contributed by atoms with van der Waals surface area (Å²) in [5.41, 5.74) is 0.182. The van der Waals surface area contributed by atoms with Crippen molar-refractivity contribution in [1.82, 2.24) is 0 Å². The number of para-hydroxylation sites is 1. The van der Waals surface area contributed by atoms with Crippen molar-refractivity contribution in [3.63, 3.8) is 0 Å². The van der Waals surface area contributed by atoms with Gasteiger partial charge in [0.15, 0.2) is 23.0 Å². The molecule has 0 radical (unpaired) electrons. The Labute approximate surface area is 96.6 Å². The fraction of sp³-hybridized carbons (Fsp3) is 0. The molecule has 1 N–H and O–H groups in total. The molecule has 12 heavy (non-hydrogen) atoms. The van der Waals surface area contributed by atoms with E-state index < -0.39 is 5.97 Å². The average Bonchev–Trinajstić information content (AvgIpc) is 2.04. The van der Waals surface area contributed by atoms with Gasteiger partial charge in [0.2, 0.25) is 0 Å². The molecule has 0 aromatic heterocycles. The van der Waals surface area contributed by atoms with E-state index in [0.29, 0.717) is 5.75 Å². The minimum Gasteiger partial charge on any atom is -0.478 e. The van der Waals surface area contributed by atoms with Crippen LogP contribution in [0.5, 0.6) is 5.75 Å². The van der Waals surface area contributed by atoms with E-state index in [-0.39, 0.29) is 25.0 Å². The second kappa shape index (κ2) is 5.48. The molecule has 3 nitrogen and oxygen atoms in total. The summed E-state index contributed by atoms with van der Waals surface area (Å²) in [7, 11) is 0. The van der Waals surface area contributed by atoms with Crippen LogP contribution < -0.4 is 3.07 Å². The van der Waals surface area contributed by atoms with Gasteiger partial charge in [0.05, 0.1) is 0 Å². The molecule has 0 fully saturated rings. The zero-order valence-corrected chi connectivity index (χ0v) is 11.3. The number of halogens is 1. The quantitative estimate of drug-likeness (QED) is 0.668. The fourth-order valence-electron chi connectivity index (χ4n) is 0.711. The van der Waals surface area contributed by atoms with Crippen LogP contribution in [-0.4, -0.2) is 11.1 Å². The first-order valence-corrected chi connectivity index (χ1v) is 3.74. The van der Waals surface area contributed by atoms with Gasteiger partial charge in [-0.25, -0.2) is 4.79 Å². The molecule has 0 amide bonds. The van der Waals surface area contributed by atoms with Crippen molar-refractivity contribution in [3.05, 3.63) is 29.8 Å². The van der Waals surface area contributed by atoms with Crippen LogP contribution in [0.4, 0.5) is 0 Å². The minimum absolute atomic E-state index is 0. The minimum atomic E-state index is -0.975. The molecule has 0 aliphatic rings. The van der Waals surface area contributed by atoms with Crippen molar-refractivity contribution >= 4 is 29.0 Å². The van der Waals surface area contributed by atoms with Crippen LogP contribution in [0.3, 0.4) is 0 Å². The Bertz CT molecular complexity index is 277. The summed E-state index contributed by atoms with van der Waals surface area (Å²) < 4.78 is 4.80. The Morgan fingerprint density at radius 1 is 1.42 bits per heavy atom. The average molecular weight is 329 g/mol. The van der Waals surface area contributed by atoms with Gasteiger partial charge in [-0.2, -0.15) is 0 Å². The molecular weight excluding hydrogens is 324 g/mol. The summed E-state index contributed by atoms with van der Waals surface area (Å²) in [5, 5.41) is 8.61. The van der Waals surface area contributed by atoms with Gasteiger partial charge in [-0.05, 0) is 12.1 Å². The van der Waals surface area contributed by atoms with E-state index in [4.69, 9.17) is 8.17 Å². The summed E-state index contributed by atoms with van der Waals surface area (Å²) in [4.78, 5) is 10.5. The maximum absolute atomic E-state index is 10.5. The third-order valence-corrected chi connectivity index (χ3v) is 1.68. The number of hydrogen-bond donors (Lipinski definition) is 1. The topological polar surface area (TPSA) is 46.5 Å². The number of carbonyl (C=O) groups is 1. The molecule has 0 saturated heterocycles. The largest absolute Gasteiger partial charge is 0.478 e. The Morgan fingerprint density at radius 3 is 2.42 bits per heavy atom. The number of carboxylic acids is 1. The monoisotopic (exact) mass is 328 g/mol. The van der Waals surface area contributed by atoms with Crippen LogP contribution >= 0.6 is 23.0 Å². The summed E-state index contributed by atoms with van der Waals surface area (Å²) in [6, 6.07) is 6.48. The first-order valence-electron chi connectivity index (χ1n) is 2.86. The second-order valence-electron chi connectivity index (χ2n) is 1.88. The molecule has 1 aromatic rings. The number of aromatic carboxylic acids is 1. The first-order chi connectivity index (χ1) is 5.25. The maximum Gasteiger partial charge on any atom is 0.339 e. The molecule has 1 aromatic carbocycles. The second-order valence-corrected chi connectivity index (χ2v) is 2.32. The van der Waals surface area contributed by atoms with E-state index in [0.717, 1.165) is 0 Å². The summed E-state index contributed by atoms with van der Waals surface area (Å²) >= 11 is 1.65. The van der Waals surface area contributed by atoms with Gasteiger partial charge >= 0.3 is 5.97 Å². The number of carboxylic acid groups (broad SMARTS) is 1. The molecule has 0 spiro atoms. The van der Waals surface area contributed by atoms with Crippen LogP contribution in [0, 0.1) is 0 Å².